The Balaban J connectivity index is 1.38. The molecule has 0 aliphatic carbocycles. The lowest BCUT2D eigenvalue weighted by Gasteiger charge is -2.24. The lowest BCUT2D eigenvalue weighted by atomic mass is 10.1. The molecule has 36 heavy (non-hydrogen) atoms. The van der Waals surface area contributed by atoms with Crippen LogP contribution in [0, 0.1) is 0 Å². The lowest BCUT2D eigenvalue weighted by Crippen LogP contribution is -2.39. The van der Waals surface area contributed by atoms with Crippen molar-refractivity contribution in [3.8, 4) is 16.9 Å². The maximum atomic E-state index is 13.2. The molecule has 0 aromatic heterocycles. The van der Waals surface area contributed by atoms with Gasteiger partial charge in [-0.25, -0.2) is 0 Å². The molecule has 0 aliphatic heterocycles. The number of carbonyl (C=O) groups is 2. The third-order valence-corrected chi connectivity index (χ3v) is 6.00. The van der Waals surface area contributed by atoms with E-state index >= 15 is 0 Å². The van der Waals surface area contributed by atoms with E-state index in [0.29, 0.717) is 23.5 Å². The predicted molar refractivity (Wildman–Crippen MR) is 144 cm³/mol. The summed E-state index contributed by atoms with van der Waals surface area (Å²) in [5.41, 5.74) is 4.33. The van der Waals surface area contributed by atoms with Gasteiger partial charge in [-0.05, 0) is 54.3 Å². The van der Waals surface area contributed by atoms with Gasteiger partial charge in [0.1, 0.15) is 5.75 Å². The molecule has 0 radical (unpaired) electrons. The standard InChI is InChI=1S/C31H30N2O3/c1-23(36-27-19-17-26(18-20-27)25-13-7-4-8-14-25)31(35)33(2)29-16-10-9-15-28(29)30(34)32-22-21-24-11-5-3-6-12-24/h3-20,23H,21-22H2,1-2H3,(H,32,34). The van der Waals surface area contributed by atoms with E-state index in [1.54, 1.807) is 32.2 Å². The van der Waals surface area contributed by atoms with Gasteiger partial charge in [0.15, 0.2) is 6.10 Å². The third-order valence-electron chi connectivity index (χ3n) is 6.00. The summed E-state index contributed by atoms with van der Waals surface area (Å²) in [6.07, 6.45) is 0.00374. The van der Waals surface area contributed by atoms with Crippen LogP contribution in [-0.2, 0) is 11.2 Å². The zero-order valence-electron chi connectivity index (χ0n) is 20.6. The zero-order valence-corrected chi connectivity index (χ0v) is 20.6. The van der Waals surface area contributed by atoms with Crippen molar-refractivity contribution in [2.24, 2.45) is 0 Å². The minimum atomic E-state index is -0.730. The Hall–Kier alpha value is -4.38. The Labute approximate surface area is 212 Å². The van der Waals surface area contributed by atoms with E-state index in [0.717, 1.165) is 23.1 Å². The van der Waals surface area contributed by atoms with Gasteiger partial charge < -0.3 is 15.0 Å². The number of para-hydroxylation sites is 1. The van der Waals surface area contributed by atoms with Crippen molar-refractivity contribution < 1.29 is 14.3 Å². The number of carbonyl (C=O) groups excluding carboxylic acids is 2. The van der Waals surface area contributed by atoms with E-state index in [2.05, 4.69) is 5.32 Å². The Morgan fingerprint density at radius 1 is 0.778 bits per heavy atom. The first-order valence-corrected chi connectivity index (χ1v) is 12.0. The molecule has 0 spiro atoms. The Kier molecular flexibility index (Phi) is 8.14. The summed E-state index contributed by atoms with van der Waals surface area (Å²) in [5.74, 6) is 0.147. The second-order valence-electron chi connectivity index (χ2n) is 8.56. The first kappa shape index (κ1) is 24.7. The van der Waals surface area contributed by atoms with Crippen molar-refractivity contribution in [3.05, 3.63) is 120 Å². The molecule has 1 N–H and O–H groups in total. The highest BCUT2D eigenvalue weighted by molar-refractivity contribution is 6.05. The van der Waals surface area contributed by atoms with Crippen molar-refractivity contribution in [1.29, 1.82) is 0 Å². The molecular weight excluding hydrogens is 448 g/mol. The third kappa shape index (κ3) is 6.19. The van der Waals surface area contributed by atoms with Crippen LogP contribution in [0.1, 0.15) is 22.8 Å². The summed E-state index contributed by atoms with van der Waals surface area (Å²) in [6, 6.07) is 34.8. The van der Waals surface area contributed by atoms with Gasteiger partial charge in [0.05, 0.1) is 11.3 Å². The number of nitrogens with zero attached hydrogens (tertiary/aromatic N) is 1. The Morgan fingerprint density at radius 3 is 2.06 bits per heavy atom. The molecule has 4 rings (SSSR count). The summed E-state index contributed by atoms with van der Waals surface area (Å²) in [4.78, 5) is 27.6. The first-order valence-electron chi connectivity index (χ1n) is 12.0. The van der Waals surface area contributed by atoms with Crippen LogP contribution in [0.5, 0.6) is 5.75 Å². The Morgan fingerprint density at radius 2 is 1.36 bits per heavy atom. The van der Waals surface area contributed by atoms with Gasteiger partial charge in [-0.15, -0.1) is 0 Å². The highest BCUT2D eigenvalue weighted by Gasteiger charge is 2.24. The molecule has 1 unspecified atom stereocenters. The van der Waals surface area contributed by atoms with Crippen LogP contribution in [0.4, 0.5) is 5.69 Å². The summed E-state index contributed by atoms with van der Waals surface area (Å²) in [5, 5.41) is 2.96. The molecule has 0 saturated heterocycles. The number of benzene rings is 4. The summed E-state index contributed by atoms with van der Waals surface area (Å²) < 4.78 is 5.93. The van der Waals surface area contributed by atoms with Crippen molar-refractivity contribution in [3.63, 3.8) is 0 Å². The smallest absolute Gasteiger partial charge is 0.267 e. The van der Waals surface area contributed by atoms with E-state index in [1.165, 1.54) is 4.90 Å². The number of likely N-dealkylation sites (N-methyl/N-ethyl adjacent to an activating group) is 1. The highest BCUT2D eigenvalue weighted by Crippen LogP contribution is 2.24. The average Bonchev–Trinajstić information content (AvgIpc) is 2.93. The number of ether oxygens (including phenoxy) is 1. The van der Waals surface area contributed by atoms with Gasteiger partial charge in [0.2, 0.25) is 0 Å². The van der Waals surface area contributed by atoms with E-state index < -0.39 is 6.10 Å². The monoisotopic (exact) mass is 478 g/mol. The topological polar surface area (TPSA) is 58.6 Å². The summed E-state index contributed by atoms with van der Waals surface area (Å²) >= 11 is 0. The van der Waals surface area contributed by atoms with Crippen LogP contribution in [-0.4, -0.2) is 31.5 Å². The molecule has 5 nitrogen and oxygen atoms in total. The van der Waals surface area contributed by atoms with Crippen molar-refractivity contribution >= 4 is 17.5 Å². The second-order valence-corrected chi connectivity index (χ2v) is 8.56. The summed E-state index contributed by atoms with van der Waals surface area (Å²) in [7, 11) is 1.66. The molecule has 0 fully saturated rings. The minimum absolute atomic E-state index is 0.216. The number of nitrogens with one attached hydrogen (secondary N) is 1. The largest absolute Gasteiger partial charge is 0.481 e. The van der Waals surface area contributed by atoms with Crippen molar-refractivity contribution in [2.75, 3.05) is 18.5 Å². The molecule has 2 amide bonds. The molecule has 0 heterocycles. The van der Waals surface area contributed by atoms with Crippen LogP contribution in [0.25, 0.3) is 11.1 Å². The SMILES string of the molecule is CC(Oc1ccc(-c2ccccc2)cc1)C(=O)N(C)c1ccccc1C(=O)NCCc1ccccc1. The second kappa shape index (κ2) is 11.8. The van der Waals surface area contributed by atoms with Gasteiger partial charge in [0, 0.05) is 13.6 Å². The van der Waals surface area contributed by atoms with Gasteiger partial charge in [-0.1, -0.05) is 84.9 Å². The van der Waals surface area contributed by atoms with Crippen LogP contribution in [0.2, 0.25) is 0 Å². The minimum Gasteiger partial charge on any atom is -0.481 e. The van der Waals surface area contributed by atoms with Crippen LogP contribution >= 0.6 is 0 Å². The fourth-order valence-corrected chi connectivity index (χ4v) is 4.02. The Bertz CT molecular complexity index is 1290. The lowest BCUT2D eigenvalue weighted by molar-refractivity contribution is -0.124. The molecule has 182 valence electrons. The predicted octanol–water partition coefficient (Wildman–Crippen LogP) is 5.76. The fraction of sp³-hybridized carbons (Fsp3) is 0.161. The number of rotatable bonds is 9. The van der Waals surface area contributed by atoms with Crippen LogP contribution in [0.15, 0.2) is 109 Å². The van der Waals surface area contributed by atoms with E-state index in [9.17, 15) is 9.59 Å². The normalized spacial score (nSPS) is 11.4. The van der Waals surface area contributed by atoms with Gasteiger partial charge >= 0.3 is 0 Å². The maximum Gasteiger partial charge on any atom is 0.267 e. The summed E-state index contributed by atoms with van der Waals surface area (Å²) in [6.45, 7) is 2.22. The average molecular weight is 479 g/mol. The fourth-order valence-electron chi connectivity index (χ4n) is 4.02. The molecule has 4 aromatic rings. The molecule has 5 heteroatoms. The molecular formula is C31H30N2O3. The quantitative estimate of drug-likeness (QED) is 0.333. The van der Waals surface area contributed by atoms with Gasteiger partial charge in [-0.2, -0.15) is 0 Å². The zero-order chi connectivity index (χ0) is 25.3. The number of amides is 2. The molecule has 1 atom stereocenters. The first-order chi connectivity index (χ1) is 17.5. The van der Waals surface area contributed by atoms with Crippen molar-refractivity contribution in [1.82, 2.24) is 5.32 Å². The molecule has 0 saturated carbocycles. The maximum absolute atomic E-state index is 13.2. The molecule has 0 bridgehead atoms. The van der Waals surface area contributed by atoms with Gasteiger partial charge in [0.25, 0.3) is 11.8 Å². The highest BCUT2D eigenvalue weighted by atomic mass is 16.5. The van der Waals surface area contributed by atoms with Crippen LogP contribution < -0.4 is 15.0 Å². The van der Waals surface area contributed by atoms with Gasteiger partial charge in [-0.3, -0.25) is 9.59 Å². The molecule has 0 aliphatic rings. The van der Waals surface area contributed by atoms with Crippen molar-refractivity contribution in [2.45, 2.75) is 19.4 Å². The number of anilines is 1. The number of hydrogen-bond donors (Lipinski definition) is 1. The van der Waals surface area contributed by atoms with E-state index in [4.69, 9.17) is 4.74 Å². The molecule has 4 aromatic carbocycles. The van der Waals surface area contributed by atoms with Crippen LogP contribution in [0.3, 0.4) is 0 Å². The number of hydrogen-bond acceptors (Lipinski definition) is 3. The van der Waals surface area contributed by atoms with E-state index in [1.807, 2.05) is 91.0 Å². The van der Waals surface area contributed by atoms with E-state index in [-0.39, 0.29) is 11.8 Å².